The topological polar surface area (TPSA) is 70.9 Å². The van der Waals surface area contributed by atoms with Crippen LogP contribution in [0.5, 0.6) is 0 Å². The molecule has 0 atom stereocenters. The zero-order valence-electron chi connectivity index (χ0n) is 11.1. The van der Waals surface area contributed by atoms with Crippen molar-refractivity contribution >= 4 is 22.4 Å². The Morgan fingerprint density at radius 1 is 1.32 bits per heavy atom. The van der Waals surface area contributed by atoms with E-state index in [-0.39, 0.29) is 5.41 Å². The summed E-state index contributed by atoms with van der Waals surface area (Å²) in [5.74, 6) is -0.419. The normalized spacial score (nSPS) is 17.3. The van der Waals surface area contributed by atoms with Crippen LogP contribution in [0.2, 0.25) is 0 Å². The molecular formula is C15H17N3O. The van der Waals surface area contributed by atoms with Crippen LogP contribution < -0.4 is 11.1 Å². The summed E-state index contributed by atoms with van der Waals surface area (Å²) in [6, 6.07) is 8.10. The van der Waals surface area contributed by atoms with Crippen LogP contribution in [-0.4, -0.2) is 17.4 Å². The molecule has 0 unspecified atom stereocenters. The average molecular weight is 255 g/mol. The lowest BCUT2D eigenvalue weighted by molar-refractivity contribution is -0.112. The molecule has 0 fully saturated rings. The van der Waals surface area contributed by atoms with Gasteiger partial charge in [0.2, 0.25) is 0 Å². The number of aromatic nitrogens is 1. The van der Waals surface area contributed by atoms with Gasteiger partial charge in [-0.1, -0.05) is 32.0 Å². The summed E-state index contributed by atoms with van der Waals surface area (Å²) in [6.07, 6.45) is 1.71. The van der Waals surface area contributed by atoms with Gasteiger partial charge in [-0.05, 0) is 11.6 Å². The van der Waals surface area contributed by atoms with Crippen molar-refractivity contribution in [2.75, 3.05) is 6.54 Å². The van der Waals surface area contributed by atoms with Gasteiger partial charge in [0.25, 0.3) is 5.91 Å². The molecule has 1 aliphatic heterocycles. The van der Waals surface area contributed by atoms with Crippen LogP contribution in [0.25, 0.3) is 16.5 Å². The lowest BCUT2D eigenvalue weighted by Crippen LogP contribution is -2.29. The Hall–Kier alpha value is -2.23. The number of carbonyl (C=O) groups is 1. The number of primary amides is 1. The van der Waals surface area contributed by atoms with E-state index in [0.29, 0.717) is 5.57 Å². The highest BCUT2D eigenvalue weighted by Crippen LogP contribution is 2.37. The van der Waals surface area contributed by atoms with Gasteiger partial charge in [-0.15, -0.1) is 0 Å². The van der Waals surface area contributed by atoms with Crippen molar-refractivity contribution in [1.29, 1.82) is 0 Å². The summed E-state index contributed by atoms with van der Waals surface area (Å²) >= 11 is 0. The van der Waals surface area contributed by atoms with E-state index in [0.717, 1.165) is 28.7 Å². The monoisotopic (exact) mass is 255 g/mol. The van der Waals surface area contributed by atoms with Gasteiger partial charge in [0.05, 0.1) is 11.3 Å². The molecule has 3 rings (SSSR count). The molecule has 1 aromatic carbocycles. The minimum Gasteiger partial charge on any atom is -0.389 e. The molecule has 0 bridgehead atoms. The second-order valence-electron chi connectivity index (χ2n) is 5.61. The van der Waals surface area contributed by atoms with Crippen molar-refractivity contribution < 1.29 is 4.79 Å². The number of nitrogens with two attached hydrogens (primary N) is 1. The van der Waals surface area contributed by atoms with E-state index >= 15 is 0 Å². The maximum atomic E-state index is 11.7. The molecule has 0 spiro atoms. The summed E-state index contributed by atoms with van der Waals surface area (Å²) < 4.78 is 0. The smallest absolute Gasteiger partial charge is 0.252 e. The number of hydrogen-bond donors (Lipinski definition) is 3. The lowest BCUT2D eigenvalue weighted by atomic mass is 9.82. The van der Waals surface area contributed by atoms with Gasteiger partial charge in [0.1, 0.15) is 0 Å². The predicted octanol–water partition coefficient (Wildman–Crippen LogP) is 1.87. The summed E-state index contributed by atoms with van der Waals surface area (Å²) in [7, 11) is 0. The Kier molecular flexibility index (Phi) is 2.42. The fourth-order valence-electron chi connectivity index (χ4n) is 2.81. The number of hydrogen-bond acceptors (Lipinski definition) is 2. The summed E-state index contributed by atoms with van der Waals surface area (Å²) in [6.45, 7) is 5.09. The summed E-state index contributed by atoms with van der Waals surface area (Å²) in [5.41, 5.74) is 8.95. The summed E-state index contributed by atoms with van der Waals surface area (Å²) in [4.78, 5) is 15.0. The third-order valence-corrected chi connectivity index (χ3v) is 3.71. The number of para-hydroxylation sites is 1. The maximum Gasteiger partial charge on any atom is 0.252 e. The third kappa shape index (κ3) is 1.71. The molecule has 1 aromatic heterocycles. The number of fused-ring (bicyclic) bond motifs is 3. The molecule has 98 valence electrons. The Morgan fingerprint density at radius 3 is 2.79 bits per heavy atom. The van der Waals surface area contributed by atoms with Gasteiger partial charge in [-0.2, -0.15) is 0 Å². The van der Waals surface area contributed by atoms with E-state index in [9.17, 15) is 4.79 Å². The van der Waals surface area contributed by atoms with Gasteiger partial charge in [0.15, 0.2) is 0 Å². The first-order valence-corrected chi connectivity index (χ1v) is 6.35. The molecule has 4 heteroatoms. The largest absolute Gasteiger partial charge is 0.389 e. The minimum absolute atomic E-state index is 0.0807. The molecule has 2 aromatic rings. The predicted molar refractivity (Wildman–Crippen MR) is 76.5 cm³/mol. The minimum atomic E-state index is -0.419. The Balaban J connectivity index is 2.39. The van der Waals surface area contributed by atoms with E-state index < -0.39 is 5.91 Å². The molecule has 0 saturated heterocycles. The average Bonchev–Trinajstić information content (AvgIpc) is 2.67. The molecular weight excluding hydrogens is 238 g/mol. The lowest BCUT2D eigenvalue weighted by Gasteiger charge is -2.24. The molecule has 1 amide bonds. The number of H-pyrrole nitrogens is 1. The number of amides is 1. The molecule has 1 aliphatic rings. The number of benzene rings is 1. The first-order chi connectivity index (χ1) is 9.00. The molecule has 4 nitrogen and oxygen atoms in total. The highest BCUT2D eigenvalue weighted by atomic mass is 16.1. The first-order valence-electron chi connectivity index (χ1n) is 6.35. The zero-order chi connectivity index (χ0) is 13.6. The molecule has 2 heterocycles. The van der Waals surface area contributed by atoms with Crippen LogP contribution in [0.15, 0.2) is 30.5 Å². The van der Waals surface area contributed by atoms with Gasteiger partial charge >= 0.3 is 0 Å². The van der Waals surface area contributed by atoms with Crippen molar-refractivity contribution in [3.05, 3.63) is 41.7 Å². The van der Waals surface area contributed by atoms with Crippen molar-refractivity contribution in [2.45, 2.75) is 19.3 Å². The van der Waals surface area contributed by atoms with Crippen LogP contribution in [0.1, 0.15) is 25.1 Å². The van der Waals surface area contributed by atoms with Gasteiger partial charge in [0, 0.05) is 29.1 Å². The first kappa shape index (κ1) is 11.8. The van der Waals surface area contributed by atoms with Gasteiger partial charge in [-0.25, -0.2) is 0 Å². The van der Waals surface area contributed by atoms with E-state index in [2.05, 4.69) is 30.2 Å². The van der Waals surface area contributed by atoms with Gasteiger partial charge in [-0.3, -0.25) is 4.79 Å². The number of nitrogens with one attached hydrogen (secondary N) is 2. The van der Waals surface area contributed by atoms with E-state index in [1.807, 2.05) is 18.2 Å². The SMILES string of the molecule is CC1(C)CNC=C(C(N)=O)c2[nH]c3ccccc3c21. The quantitative estimate of drug-likeness (QED) is 0.728. The highest BCUT2D eigenvalue weighted by Gasteiger charge is 2.31. The molecule has 19 heavy (non-hydrogen) atoms. The second-order valence-corrected chi connectivity index (χ2v) is 5.61. The third-order valence-electron chi connectivity index (χ3n) is 3.71. The van der Waals surface area contributed by atoms with Crippen LogP contribution in [-0.2, 0) is 10.2 Å². The molecule has 0 saturated carbocycles. The standard InChI is InChI=1S/C15H17N3O/c1-15(2)8-17-7-10(14(16)19)13-12(15)9-5-3-4-6-11(9)18-13/h3-7,17-18H,8H2,1-2H3,(H2,16,19). The van der Waals surface area contributed by atoms with Crippen molar-refractivity contribution in [1.82, 2.24) is 10.3 Å². The van der Waals surface area contributed by atoms with Crippen LogP contribution in [0, 0.1) is 0 Å². The van der Waals surface area contributed by atoms with E-state index in [4.69, 9.17) is 5.73 Å². The molecule has 0 radical (unpaired) electrons. The fraction of sp³-hybridized carbons (Fsp3) is 0.267. The zero-order valence-corrected chi connectivity index (χ0v) is 11.1. The number of aromatic amines is 1. The van der Waals surface area contributed by atoms with E-state index in [1.54, 1.807) is 6.20 Å². The highest BCUT2D eigenvalue weighted by molar-refractivity contribution is 6.19. The summed E-state index contributed by atoms with van der Waals surface area (Å²) in [5, 5.41) is 4.34. The van der Waals surface area contributed by atoms with Gasteiger partial charge < -0.3 is 16.0 Å². The Bertz CT molecular complexity index is 694. The van der Waals surface area contributed by atoms with Crippen LogP contribution in [0.4, 0.5) is 0 Å². The van der Waals surface area contributed by atoms with E-state index in [1.165, 1.54) is 0 Å². The maximum absolute atomic E-state index is 11.7. The second kappa shape index (κ2) is 3.88. The van der Waals surface area contributed by atoms with Crippen molar-refractivity contribution in [3.8, 4) is 0 Å². The fourth-order valence-corrected chi connectivity index (χ4v) is 2.81. The molecule has 0 aliphatic carbocycles. The van der Waals surface area contributed by atoms with Crippen molar-refractivity contribution in [3.63, 3.8) is 0 Å². The van der Waals surface area contributed by atoms with Crippen molar-refractivity contribution in [2.24, 2.45) is 5.73 Å². The number of rotatable bonds is 1. The Labute approximate surface area is 111 Å². The van der Waals surface area contributed by atoms with Crippen LogP contribution in [0.3, 0.4) is 0 Å². The van der Waals surface area contributed by atoms with Crippen LogP contribution >= 0.6 is 0 Å². The number of carbonyl (C=O) groups excluding carboxylic acids is 1. The molecule has 4 N–H and O–H groups in total. The Morgan fingerprint density at radius 2 is 2.05 bits per heavy atom.